The Morgan fingerprint density at radius 2 is 2.08 bits per heavy atom. The second-order valence-corrected chi connectivity index (χ2v) is 6.25. The first-order chi connectivity index (χ1) is 12.4. The van der Waals surface area contributed by atoms with Gasteiger partial charge in [0.05, 0.1) is 25.0 Å². The Bertz CT molecular complexity index is 736. The molecule has 26 heavy (non-hydrogen) atoms. The zero-order valence-electron chi connectivity index (χ0n) is 16.2. The molecule has 0 saturated heterocycles. The molecular weight excluding hydrogens is 334 g/mol. The summed E-state index contributed by atoms with van der Waals surface area (Å²) in [5, 5.41) is 3.13. The zero-order valence-corrected chi connectivity index (χ0v) is 16.2. The van der Waals surface area contributed by atoms with Gasteiger partial charge in [0, 0.05) is 24.6 Å². The Labute approximate surface area is 154 Å². The van der Waals surface area contributed by atoms with E-state index < -0.39 is 0 Å². The number of benzene rings is 1. The fourth-order valence-corrected chi connectivity index (χ4v) is 3.24. The van der Waals surface area contributed by atoms with Crippen LogP contribution >= 0.6 is 0 Å². The number of anilines is 1. The van der Waals surface area contributed by atoms with E-state index in [2.05, 4.69) is 11.4 Å². The molecule has 0 radical (unpaired) electrons. The highest BCUT2D eigenvalue weighted by Gasteiger charge is 2.31. The van der Waals surface area contributed by atoms with Crippen LogP contribution in [0.4, 0.5) is 5.69 Å². The van der Waals surface area contributed by atoms with Gasteiger partial charge in [-0.3, -0.25) is 4.79 Å². The summed E-state index contributed by atoms with van der Waals surface area (Å²) in [5.41, 5.74) is 5.16. The Morgan fingerprint density at radius 3 is 2.69 bits per heavy atom. The quantitative estimate of drug-likeness (QED) is 0.564. The Hall–Kier alpha value is -2.50. The largest absolute Gasteiger partial charge is 0.496 e. The first kappa shape index (κ1) is 19.8. The maximum Gasteiger partial charge on any atom is 0.341 e. The van der Waals surface area contributed by atoms with Crippen molar-refractivity contribution in [2.24, 2.45) is 0 Å². The maximum absolute atomic E-state index is 12.2. The number of carbonyl (C=O) groups is 2. The molecule has 1 aliphatic rings. The Balaban J connectivity index is 2.30. The molecule has 0 aromatic heterocycles. The summed E-state index contributed by atoms with van der Waals surface area (Å²) in [5.74, 6) is 0.269. The number of fused-ring (bicyclic) bond motifs is 1. The van der Waals surface area contributed by atoms with Gasteiger partial charge >= 0.3 is 11.9 Å². The van der Waals surface area contributed by atoms with Gasteiger partial charge < -0.3 is 19.5 Å². The molecule has 0 saturated carbocycles. The van der Waals surface area contributed by atoms with Crippen LogP contribution in [0.2, 0.25) is 0 Å². The number of ether oxygens (including phenoxy) is 3. The summed E-state index contributed by atoms with van der Waals surface area (Å²) in [6, 6.07) is 0. The average molecular weight is 361 g/mol. The van der Waals surface area contributed by atoms with Crippen molar-refractivity contribution in [2.75, 3.05) is 26.1 Å². The van der Waals surface area contributed by atoms with Crippen molar-refractivity contribution >= 4 is 17.6 Å². The summed E-state index contributed by atoms with van der Waals surface area (Å²) in [4.78, 5) is 23.7. The van der Waals surface area contributed by atoms with Gasteiger partial charge in [0.25, 0.3) is 0 Å². The van der Waals surface area contributed by atoms with Gasteiger partial charge in [-0.1, -0.05) is 11.6 Å². The van der Waals surface area contributed by atoms with Crippen LogP contribution in [-0.2, 0) is 27.3 Å². The molecule has 0 spiro atoms. The first-order valence-corrected chi connectivity index (χ1v) is 8.82. The van der Waals surface area contributed by atoms with Crippen LogP contribution in [0, 0.1) is 6.92 Å². The van der Waals surface area contributed by atoms with Crippen LogP contribution in [0.25, 0.3) is 0 Å². The average Bonchev–Trinajstić information content (AvgIpc) is 3.00. The molecule has 6 heteroatoms. The number of esters is 2. The normalized spacial score (nSPS) is 13.3. The molecule has 0 unspecified atom stereocenters. The number of hydrogen-bond acceptors (Lipinski definition) is 6. The number of nitrogens with one attached hydrogen (secondary N) is 1. The SMILES string of the molecule is CCOC(=O)CC/C(C)=C/Cc1c(NC)c2c(c(C)c1OC)COC2=O. The van der Waals surface area contributed by atoms with Crippen molar-refractivity contribution in [1.82, 2.24) is 0 Å². The molecule has 1 aromatic carbocycles. The molecule has 1 N–H and O–H groups in total. The maximum atomic E-state index is 12.2. The monoisotopic (exact) mass is 361 g/mol. The third-order valence-electron chi connectivity index (χ3n) is 4.61. The second kappa shape index (κ2) is 8.74. The van der Waals surface area contributed by atoms with E-state index in [1.807, 2.05) is 13.8 Å². The molecule has 1 aliphatic heterocycles. The molecular formula is C20H27NO5. The van der Waals surface area contributed by atoms with Gasteiger partial charge in [-0.25, -0.2) is 4.79 Å². The van der Waals surface area contributed by atoms with Crippen LogP contribution in [0.1, 0.15) is 53.7 Å². The van der Waals surface area contributed by atoms with Gasteiger partial charge in [0.2, 0.25) is 0 Å². The van der Waals surface area contributed by atoms with Crippen LogP contribution in [0.15, 0.2) is 11.6 Å². The third kappa shape index (κ3) is 4.00. The van der Waals surface area contributed by atoms with Gasteiger partial charge in [-0.15, -0.1) is 0 Å². The zero-order chi connectivity index (χ0) is 19.3. The van der Waals surface area contributed by atoms with E-state index in [0.29, 0.717) is 31.4 Å². The van der Waals surface area contributed by atoms with Crippen molar-refractivity contribution < 1.29 is 23.8 Å². The molecule has 0 aliphatic carbocycles. The minimum atomic E-state index is -0.306. The number of methoxy groups -OCH3 is 1. The van der Waals surface area contributed by atoms with Crippen molar-refractivity contribution in [3.63, 3.8) is 0 Å². The van der Waals surface area contributed by atoms with E-state index in [-0.39, 0.29) is 18.5 Å². The highest BCUT2D eigenvalue weighted by atomic mass is 16.5. The molecule has 142 valence electrons. The third-order valence-corrected chi connectivity index (χ3v) is 4.61. The summed E-state index contributed by atoms with van der Waals surface area (Å²) in [7, 11) is 3.42. The van der Waals surface area contributed by atoms with Crippen molar-refractivity contribution in [3.05, 3.63) is 33.9 Å². The lowest BCUT2D eigenvalue weighted by molar-refractivity contribution is -0.143. The second-order valence-electron chi connectivity index (χ2n) is 6.25. The van der Waals surface area contributed by atoms with Crippen LogP contribution in [-0.4, -0.2) is 32.7 Å². The highest BCUT2D eigenvalue weighted by Crippen LogP contribution is 2.41. The summed E-state index contributed by atoms with van der Waals surface area (Å²) in [6.45, 7) is 6.40. The number of allylic oxidation sites excluding steroid dienone is 2. The first-order valence-electron chi connectivity index (χ1n) is 8.82. The molecule has 0 atom stereocenters. The van der Waals surface area contributed by atoms with E-state index in [9.17, 15) is 9.59 Å². The molecule has 2 rings (SSSR count). The van der Waals surface area contributed by atoms with E-state index in [0.717, 1.165) is 33.7 Å². The highest BCUT2D eigenvalue weighted by molar-refractivity contribution is 6.01. The lowest BCUT2D eigenvalue weighted by atomic mass is 9.93. The number of hydrogen-bond donors (Lipinski definition) is 1. The number of rotatable bonds is 8. The van der Waals surface area contributed by atoms with Crippen molar-refractivity contribution in [3.8, 4) is 5.75 Å². The molecule has 0 amide bonds. The lowest BCUT2D eigenvalue weighted by Gasteiger charge is -2.18. The molecule has 1 aromatic rings. The number of cyclic esters (lactones) is 1. The number of carbonyl (C=O) groups excluding carboxylic acids is 2. The van der Waals surface area contributed by atoms with Crippen LogP contribution < -0.4 is 10.1 Å². The van der Waals surface area contributed by atoms with Crippen molar-refractivity contribution in [1.29, 1.82) is 0 Å². The van der Waals surface area contributed by atoms with Gasteiger partial charge in [0.15, 0.2) is 0 Å². The lowest BCUT2D eigenvalue weighted by Crippen LogP contribution is -2.08. The topological polar surface area (TPSA) is 73.9 Å². The predicted octanol–water partition coefficient (Wildman–Crippen LogP) is 3.55. The Morgan fingerprint density at radius 1 is 1.35 bits per heavy atom. The van der Waals surface area contributed by atoms with E-state index >= 15 is 0 Å². The smallest absolute Gasteiger partial charge is 0.341 e. The van der Waals surface area contributed by atoms with Crippen LogP contribution in [0.5, 0.6) is 5.75 Å². The van der Waals surface area contributed by atoms with Crippen molar-refractivity contribution in [2.45, 2.75) is 46.6 Å². The molecule has 6 nitrogen and oxygen atoms in total. The molecule has 1 heterocycles. The van der Waals surface area contributed by atoms with Gasteiger partial charge in [0.1, 0.15) is 12.4 Å². The fraction of sp³-hybridized carbons (Fsp3) is 0.500. The summed E-state index contributed by atoms with van der Waals surface area (Å²) < 4.78 is 15.8. The van der Waals surface area contributed by atoms with Gasteiger partial charge in [-0.05, 0) is 39.2 Å². The fourth-order valence-electron chi connectivity index (χ4n) is 3.24. The minimum Gasteiger partial charge on any atom is -0.496 e. The standard InChI is InChI=1S/C20H27NO5/c1-6-25-16(22)10-8-12(2)7-9-14-18(21-4)17-15(11-26-20(17)23)13(3)19(14)24-5/h7,21H,6,8-11H2,1-5H3/b12-7+. The summed E-state index contributed by atoms with van der Waals surface area (Å²) >= 11 is 0. The van der Waals surface area contributed by atoms with Gasteiger partial charge in [-0.2, -0.15) is 0 Å². The van der Waals surface area contributed by atoms with Crippen LogP contribution in [0.3, 0.4) is 0 Å². The molecule has 0 fully saturated rings. The predicted molar refractivity (Wildman–Crippen MR) is 99.7 cm³/mol. The van der Waals surface area contributed by atoms with E-state index in [4.69, 9.17) is 14.2 Å². The van der Waals surface area contributed by atoms with E-state index in [1.54, 1.807) is 21.1 Å². The Kier molecular flexibility index (Phi) is 6.66. The van der Waals surface area contributed by atoms with E-state index in [1.165, 1.54) is 0 Å². The molecule has 0 bridgehead atoms. The summed E-state index contributed by atoms with van der Waals surface area (Å²) in [6.07, 6.45) is 3.66. The minimum absolute atomic E-state index is 0.190.